The van der Waals surface area contributed by atoms with E-state index in [1.54, 1.807) is 46.6 Å². The normalized spacial score (nSPS) is 17.6. The van der Waals surface area contributed by atoms with Crippen molar-refractivity contribution in [2.45, 2.75) is 57.5 Å². The fraction of sp³-hybridized carbons (Fsp3) is 0.333. The van der Waals surface area contributed by atoms with Crippen LogP contribution in [0.3, 0.4) is 0 Å². The van der Waals surface area contributed by atoms with E-state index < -0.39 is 6.04 Å². The van der Waals surface area contributed by atoms with Crippen LogP contribution < -0.4 is 14.4 Å². The predicted octanol–water partition coefficient (Wildman–Crippen LogP) is 6.40. The lowest BCUT2D eigenvalue weighted by Gasteiger charge is -2.37. The van der Waals surface area contributed by atoms with Crippen LogP contribution in [0.1, 0.15) is 54.4 Å². The van der Waals surface area contributed by atoms with Crippen LogP contribution in [0.25, 0.3) is 20.8 Å². The van der Waals surface area contributed by atoms with Gasteiger partial charge in [0.2, 0.25) is 5.91 Å². The summed E-state index contributed by atoms with van der Waals surface area (Å²) < 4.78 is 11.9. The number of fused-ring (bicyclic) bond motifs is 1. The quantitative estimate of drug-likeness (QED) is 0.234. The second-order valence-corrected chi connectivity index (χ2v) is 11.9. The SMILES string of the molecule is COc1ccc(C(=O)N(C2CCCCC2)C2CC(=O)N(c3ccc(-c4nc5ccc(C)cc5s4)cc3)C2=O)cc1OC. The van der Waals surface area contributed by atoms with Crippen molar-refractivity contribution in [1.29, 1.82) is 0 Å². The Morgan fingerprint density at radius 3 is 2.38 bits per heavy atom. The zero-order chi connectivity index (χ0) is 29.4. The molecular formula is C33H33N3O5S. The molecule has 2 aliphatic rings. The molecule has 0 radical (unpaired) electrons. The second-order valence-electron chi connectivity index (χ2n) is 10.9. The summed E-state index contributed by atoms with van der Waals surface area (Å²) in [6, 6.07) is 17.5. The van der Waals surface area contributed by atoms with Crippen molar-refractivity contribution < 1.29 is 23.9 Å². The Morgan fingerprint density at radius 1 is 0.929 bits per heavy atom. The van der Waals surface area contributed by atoms with Crippen LogP contribution in [0.4, 0.5) is 5.69 Å². The standard InChI is InChI=1S/C33H33N3O5S/c1-20-9-15-25-29(17-20)42-31(34-25)21-10-13-24(14-11-21)36-30(37)19-26(33(36)39)35(23-7-5-4-6-8-23)32(38)22-12-16-27(40-2)28(18-22)41-3/h9-18,23,26H,4-8,19H2,1-3H3. The first kappa shape index (κ1) is 27.9. The number of aryl methyl sites for hydroxylation is 1. The number of carbonyl (C=O) groups excluding carboxylic acids is 3. The number of aromatic nitrogens is 1. The largest absolute Gasteiger partial charge is 0.493 e. The number of amides is 3. The molecule has 1 aliphatic carbocycles. The number of nitrogens with zero attached hydrogens (tertiary/aromatic N) is 3. The molecule has 0 N–H and O–H groups in total. The number of rotatable bonds is 7. The molecule has 1 aromatic heterocycles. The third kappa shape index (κ3) is 5.13. The Balaban J connectivity index is 1.28. The highest BCUT2D eigenvalue weighted by Crippen LogP contribution is 2.36. The van der Waals surface area contributed by atoms with Gasteiger partial charge in [0, 0.05) is 17.2 Å². The summed E-state index contributed by atoms with van der Waals surface area (Å²) in [4.78, 5) is 48.9. The van der Waals surface area contributed by atoms with E-state index in [9.17, 15) is 14.4 Å². The molecule has 1 saturated carbocycles. The molecule has 2 fully saturated rings. The number of hydrogen-bond acceptors (Lipinski definition) is 7. The Labute approximate surface area is 248 Å². The Morgan fingerprint density at radius 2 is 1.67 bits per heavy atom. The number of imide groups is 1. The molecule has 3 aromatic carbocycles. The molecule has 2 heterocycles. The zero-order valence-electron chi connectivity index (χ0n) is 24.0. The molecule has 1 atom stereocenters. The topological polar surface area (TPSA) is 89.0 Å². The maximum atomic E-state index is 14.0. The summed E-state index contributed by atoms with van der Waals surface area (Å²) in [5, 5.41) is 0.878. The lowest BCUT2D eigenvalue weighted by atomic mass is 9.92. The summed E-state index contributed by atoms with van der Waals surface area (Å²) in [7, 11) is 3.06. The second kappa shape index (κ2) is 11.6. The minimum Gasteiger partial charge on any atom is -0.493 e. The molecule has 42 heavy (non-hydrogen) atoms. The minimum absolute atomic E-state index is 0.0483. The first-order valence-corrected chi connectivity index (χ1v) is 15.1. The monoisotopic (exact) mass is 583 g/mol. The predicted molar refractivity (Wildman–Crippen MR) is 163 cm³/mol. The van der Waals surface area contributed by atoms with Crippen LogP contribution >= 0.6 is 11.3 Å². The molecule has 1 aliphatic heterocycles. The lowest BCUT2D eigenvalue weighted by molar-refractivity contribution is -0.123. The Bertz CT molecular complexity index is 1660. The summed E-state index contributed by atoms with van der Waals surface area (Å²) >= 11 is 1.61. The van der Waals surface area contributed by atoms with Crippen molar-refractivity contribution in [1.82, 2.24) is 9.88 Å². The van der Waals surface area contributed by atoms with E-state index in [-0.39, 0.29) is 30.2 Å². The molecular weight excluding hydrogens is 550 g/mol. The van der Waals surface area contributed by atoms with E-state index in [0.717, 1.165) is 52.9 Å². The molecule has 8 nitrogen and oxygen atoms in total. The number of ether oxygens (including phenoxy) is 2. The fourth-order valence-corrected chi connectivity index (χ4v) is 7.12. The molecule has 1 unspecified atom stereocenters. The first-order chi connectivity index (χ1) is 20.4. The highest BCUT2D eigenvalue weighted by molar-refractivity contribution is 7.21. The van der Waals surface area contributed by atoms with Crippen molar-refractivity contribution in [3.05, 3.63) is 71.8 Å². The van der Waals surface area contributed by atoms with E-state index >= 15 is 0 Å². The molecule has 0 spiro atoms. The maximum Gasteiger partial charge on any atom is 0.257 e. The summed E-state index contributed by atoms with van der Waals surface area (Å²) in [6.45, 7) is 2.06. The summed E-state index contributed by atoms with van der Waals surface area (Å²) in [5.74, 6) is -0.0132. The summed E-state index contributed by atoms with van der Waals surface area (Å²) in [6.07, 6.45) is 4.60. The summed E-state index contributed by atoms with van der Waals surface area (Å²) in [5.41, 5.74) is 3.93. The van der Waals surface area contributed by atoms with Crippen LogP contribution in [0.5, 0.6) is 11.5 Å². The van der Waals surface area contributed by atoms with E-state index in [4.69, 9.17) is 14.5 Å². The van der Waals surface area contributed by atoms with Gasteiger partial charge < -0.3 is 14.4 Å². The van der Waals surface area contributed by atoms with E-state index in [1.165, 1.54) is 24.7 Å². The van der Waals surface area contributed by atoms with Crippen LogP contribution in [0.15, 0.2) is 60.7 Å². The Kier molecular flexibility index (Phi) is 7.68. The molecule has 216 valence electrons. The third-order valence-electron chi connectivity index (χ3n) is 8.21. The van der Waals surface area contributed by atoms with Crippen LogP contribution in [0, 0.1) is 6.92 Å². The molecule has 4 aromatic rings. The van der Waals surface area contributed by atoms with E-state index in [0.29, 0.717) is 22.7 Å². The van der Waals surface area contributed by atoms with Gasteiger partial charge in [-0.1, -0.05) is 25.3 Å². The van der Waals surface area contributed by atoms with Crippen molar-refractivity contribution in [3.63, 3.8) is 0 Å². The van der Waals surface area contributed by atoms with Crippen molar-refractivity contribution in [3.8, 4) is 22.1 Å². The van der Waals surface area contributed by atoms with Gasteiger partial charge in [0.25, 0.3) is 11.8 Å². The van der Waals surface area contributed by atoms with Gasteiger partial charge in [-0.3, -0.25) is 14.4 Å². The minimum atomic E-state index is -0.867. The van der Waals surface area contributed by atoms with Gasteiger partial charge in [-0.05, 0) is 79.9 Å². The number of carbonyl (C=O) groups is 3. The third-order valence-corrected chi connectivity index (χ3v) is 9.28. The average molecular weight is 584 g/mol. The van der Waals surface area contributed by atoms with Gasteiger partial charge in [-0.2, -0.15) is 0 Å². The highest BCUT2D eigenvalue weighted by atomic mass is 32.1. The number of benzene rings is 3. The van der Waals surface area contributed by atoms with Gasteiger partial charge in [0.15, 0.2) is 11.5 Å². The van der Waals surface area contributed by atoms with Gasteiger partial charge in [0.05, 0.1) is 36.5 Å². The zero-order valence-corrected chi connectivity index (χ0v) is 24.8. The maximum absolute atomic E-state index is 14.0. The smallest absolute Gasteiger partial charge is 0.257 e. The lowest BCUT2D eigenvalue weighted by Crippen LogP contribution is -2.51. The molecule has 0 bridgehead atoms. The van der Waals surface area contributed by atoms with Crippen LogP contribution in [-0.4, -0.2) is 53.9 Å². The highest BCUT2D eigenvalue weighted by Gasteiger charge is 2.46. The molecule has 3 amide bonds. The number of methoxy groups -OCH3 is 2. The van der Waals surface area contributed by atoms with E-state index in [1.807, 2.05) is 24.3 Å². The van der Waals surface area contributed by atoms with Gasteiger partial charge in [-0.15, -0.1) is 11.3 Å². The van der Waals surface area contributed by atoms with Crippen molar-refractivity contribution in [2.75, 3.05) is 19.1 Å². The molecule has 1 saturated heterocycles. The van der Waals surface area contributed by atoms with Gasteiger partial charge >= 0.3 is 0 Å². The number of thiazole rings is 1. The van der Waals surface area contributed by atoms with Crippen molar-refractivity contribution in [2.24, 2.45) is 0 Å². The van der Waals surface area contributed by atoms with Crippen LogP contribution in [-0.2, 0) is 9.59 Å². The number of anilines is 1. The fourth-order valence-electron chi connectivity index (χ4n) is 6.05. The van der Waals surface area contributed by atoms with Crippen LogP contribution in [0.2, 0.25) is 0 Å². The Hall–Kier alpha value is -4.24. The average Bonchev–Trinajstić information content (AvgIpc) is 3.57. The first-order valence-electron chi connectivity index (χ1n) is 14.3. The molecule has 6 rings (SSSR count). The van der Waals surface area contributed by atoms with E-state index in [2.05, 4.69) is 13.0 Å². The number of hydrogen-bond donors (Lipinski definition) is 0. The van der Waals surface area contributed by atoms with Gasteiger partial charge in [0.1, 0.15) is 11.0 Å². The van der Waals surface area contributed by atoms with Gasteiger partial charge in [-0.25, -0.2) is 9.88 Å². The molecule has 9 heteroatoms. The van der Waals surface area contributed by atoms with Crippen molar-refractivity contribution >= 4 is 45.0 Å².